The minimum atomic E-state index is 0.433. The molecule has 2 aliphatic carbocycles. The molecule has 0 radical (unpaired) electrons. The van der Waals surface area contributed by atoms with Gasteiger partial charge in [-0.3, -0.25) is 4.90 Å². The lowest BCUT2D eigenvalue weighted by atomic mass is 10.1. The van der Waals surface area contributed by atoms with Crippen molar-refractivity contribution in [3.05, 3.63) is 35.4 Å². The lowest BCUT2D eigenvalue weighted by Crippen LogP contribution is -2.28. The number of hydrogen-bond donors (Lipinski definition) is 1. The van der Waals surface area contributed by atoms with Crippen LogP contribution in [-0.2, 0) is 6.54 Å². The Hall–Kier alpha value is -1.30. The SMILES string of the molecule is NCC#Cc1ccccc1CN(CC1CC1)CC1CC1. The summed E-state index contributed by atoms with van der Waals surface area (Å²) in [7, 11) is 0. The maximum absolute atomic E-state index is 5.49. The molecule has 2 nitrogen and oxygen atoms in total. The molecule has 2 saturated carbocycles. The van der Waals surface area contributed by atoms with Gasteiger partial charge in [0, 0.05) is 25.2 Å². The van der Waals surface area contributed by atoms with Crippen molar-refractivity contribution >= 4 is 0 Å². The van der Waals surface area contributed by atoms with E-state index in [1.54, 1.807) is 0 Å². The van der Waals surface area contributed by atoms with E-state index in [0.717, 1.165) is 23.9 Å². The van der Waals surface area contributed by atoms with Gasteiger partial charge in [-0.1, -0.05) is 30.0 Å². The van der Waals surface area contributed by atoms with Crippen LogP contribution in [-0.4, -0.2) is 24.5 Å². The first-order chi connectivity index (χ1) is 9.85. The van der Waals surface area contributed by atoms with Crippen LogP contribution in [0.3, 0.4) is 0 Å². The lowest BCUT2D eigenvalue weighted by molar-refractivity contribution is 0.244. The summed E-state index contributed by atoms with van der Waals surface area (Å²) < 4.78 is 0. The highest BCUT2D eigenvalue weighted by atomic mass is 15.1. The molecule has 0 aromatic heterocycles. The quantitative estimate of drug-likeness (QED) is 0.804. The van der Waals surface area contributed by atoms with E-state index in [-0.39, 0.29) is 0 Å². The topological polar surface area (TPSA) is 29.3 Å². The molecule has 2 aliphatic rings. The summed E-state index contributed by atoms with van der Waals surface area (Å²) in [6.45, 7) is 4.02. The highest BCUT2D eigenvalue weighted by Crippen LogP contribution is 2.34. The molecule has 1 aromatic carbocycles. The number of benzene rings is 1. The monoisotopic (exact) mass is 268 g/mol. The Bertz CT molecular complexity index is 490. The van der Waals surface area contributed by atoms with Crippen molar-refractivity contribution in [3.63, 3.8) is 0 Å². The maximum Gasteiger partial charge on any atom is 0.0555 e. The van der Waals surface area contributed by atoms with Crippen LogP contribution in [0.5, 0.6) is 0 Å². The fourth-order valence-corrected chi connectivity index (χ4v) is 2.70. The summed E-state index contributed by atoms with van der Waals surface area (Å²) >= 11 is 0. The molecule has 0 amide bonds. The molecule has 0 heterocycles. The minimum Gasteiger partial charge on any atom is -0.320 e. The Morgan fingerprint density at radius 2 is 1.70 bits per heavy atom. The van der Waals surface area contributed by atoms with Crippen molar-refractivity contribution in [2.24, 2.45) is 17.6 Å². The standard InChI is InChI=1S/C18H24N2/c19-11-3-6-17-4-1-2-5-18(17)14-20(12-15-7-8-15)13-16-9-10-16/h1-2,4-5,15-16H,7-14,19H2. The third-order valence-electron chi connectivity index (χ3n) is 4.16. The smallest absolute Gasteiger partial charge is 0.0555 e. The fourth-order valence-electron chi connectivity index (χ4n) is 2.70. The third kappa shape index (κ3) is 4.10. The predicted octanol–water partition coefficient (Wildman–Crippen LogP) is 2.62. The Balaban J connectivity index is 1.69. The molecule has 3 rings (SSSR count). The number of nitrogens with two attached hydrogens (primary N) is 1. The van der Waals surface area contributed by atoms with E-state index in [9.17, 15) is 0 Å². The van der Waals surface area contributed by atoms with Crippen LogP contribution in [0.25, 0.3) is 0 Å². The van der Waals surface area contributed by atoms with Crippen LogP contribution in [0.2, 0.25) is 0 Å². The highest BCUT2D eigenvalue weighted by Gasteiger charge is 2.29. The van der Waals surface area contributed by atoms with Crippen molar-refractivity contribution < 1.29 is 0 Å². The van der Waals surface area contributed by atoms with Gasteiger partial charge in [0.25, 0.3) is 0 Å². The summed E-state index contributed by atoms with van der Waals surface area (Å²) in [5.74, 6) is 8.11. The van der Waals surface area contributed by atoms with Gasteiger partial charge in [0.15, 0.2) is 0 Å². The van der Waals surface area contributed by atoms with Gasteiger partial charge in [-0.25, -0.2) is 0 Å². The Morgan fingerprint density at radius 1 is 1.05 bits per heavy atom. The van der Waals surface area contributed by atoms with Crippen molar-refractivity contribution in [3.8, 4) is 11.8 Å². The largest absolute Gasteiger partial charge is 0.320 e. The average molecular weight is 268 g/mol. The van der Waals surface area contributed by atoms with Crippen LogP contribution < -0.4 is 5.73 Å². The van der Waals surface area contributed by atoms with Gasteiger partial charge in [0.2, 0.25) is 0 Å². The second-order valence-electron chi connectivity index (χ2n) is 6.24. The van der Waals surface area contributed by atoms with Crippen molar-refractivity contribution in [1.82, 2.24) is 4.90 Å². The Kier molecular flexibility index (Phi) is 4.40. The van der Waals surface area contributed by atoms with Crippen LogP contribution in [0.1, 0.15) is 36.8 Å². The van der Waals surface area contributed by atoms with Crippen molar-refractivity contribution in [2.75, 3.05) is 19.6 Å². The van der Waals surface area contributed by atoms with E-state index in [1.165, 1.54) is 44.3 Å². The zero-order valence-electron chi connectivity index (χ0n) is 12.1. The number of nitrogens with zero attached hydrogens (tertiary/aromatic N) is 1. The lowest BCUT2D eigenvalue weighted by Gasteiger charge is -2.23. The Morgan fingerprint density at radius 3 is 2.30 bits per heavy atom. The molecule has 1 aromatic rings. The molecule has 0 saturated heterocycles. The molecule has 0 bridgehead atoms. The highest BCUT2D eigenvalue weighted by molar-refractivity contribution is 5.41. The molecule has 0 unspecified atom stereocenters. The van der Waals surface area contributed by atoms with E-state index in [4.69, 9.17) is 5.73 Å². The molecule has 0 aliphatic heterocycles. The zero-order chi connectivity index (χ0) is 13.8. The van der Waals surface area contributed by atoms with Crippen LogP contribution >= 0.6 is 0 Å². The summed E-state index contributed by atoms with van der Waals surface area (Å²) in [6, 6.07) is 8.52. The summed E-state index contributed by atoms with van der Waals surface area (Å²) in [6.07, 6.45) is 5.71. The van der Waals surface area contributed by atoms with Gasteiger partial charge < -0.3 is 5.73 Å². The van der Waals surface area contributed by atoms with Crippen LogP contribution in [0.4, 0.5) is 0 Å². The molecular weight excluding hydrogens is 244 g/mol. The molecule has 2 N–H and O–H groups in total. The third-order valence-corrected chi connectivity index (χ3v) is 4.16. The van der Waals surface area contributed by atoms with E-state index >= 15 is 0 Å². The molecule has 20 heavy (non-hydrogen) atoms. The molecule has 2 heteroatoms. The first-order valence-electron chi connectivity index (χ1n) is 7.84. The first kappa shape index (κ1) is 13.7. The normalized spacial score (nSPS) is 17.9. The Labute approximate surface area is 122 Å². The van der Waals surface area contributed by atoms with Crippen LogP contribution in [0, 0.1) is 23.7 Å². The molecule has 106 valence electrons. The van der Waals surface area contributed by atoms with Crippen molar-refractivity contribution in [2.45, 2.75) is 32.2 Å². The van der Waals surface area contributed by atoms with E-state index < -0.39 is 0 Å². The summed E-state index contributed by atoms with van der Waals surface area (Å²) in [5, 5.41) is 0. The predicted molar refractivity (Wildman–Crippen MR) is 83.1 cm³/mol. The molecule has 0 atom stereocenters. The van der Waals surface area contributed by atoms with Crippen LogP contribution in [0.15, 0.2) is 24.3 Å². The fraction of sp³-hybridized carbons (Fsp3) is 0.556. The van der Waals surface area contributed by atoms with Gasteiger partial charge >= 0.3 is 0 Å². The number of rotatable bonds is 6. The summed E-state index contributed by atoms with van der Waals surface area (Å²) in [4.78, 5) is 2.65. The number of hydrogen-bond acceptors (Lipinski definition) is 2. The maximum atomic E-state index is 5.49. The van der Waals surface area contributed by atoms with Gasteiger partial charge in [0.1, 0.15) is 0 Å². The van der Waals surface area contributed by atoms with E-state index in [1.807, 2.05) is 0 Å². The first-order valence-corrected chi connectivity index (χ1v) is 7.84. The zero-order valence-corrected chi connectivity index (χ0v) is 12.1. The van der Waals surface area contributed by atoms with Gasteiger partial charge in [0.05, 0.1) is 6.54 Å². The molecular formula is C18H24N2. The van der Waals surface area contributed by atoms with E-state index in [0.29, 0.717) is 6.54 Å². The van der Waals surface area contributed by atoms with Gasteiger partial charge in [-0.15, -0.1) is 0 Å². The second-order valence-corrected chi connectivity index (χ2v) is 6.24. The molecule has 2 fully saturated rings. The van der Waals surface area contributed by atoms with Crippen molar-refractivity contribution in [1.29, 1.82) is 0 Å². The van der Waals surface area contributed by atoms with Gasteiger partial charge in [-0.05, 0) is 49.1 Å². The molecule has 0 spiro atoms. The van der Waals surface area contributed by atoms with Gasteiger partial charge in [-0.2, -0.15) is 0 Å². The second kappa shape index (κ2) is 6.43. The van der Waals surface area contributed by atoms with E-state index in [2.05, 4.69) is 41.0 Å². The average Bonchev–Trinajstić information content (AvgIpc) is 3.34. The summed E-state index contributed by atoms with van der Waals surface area (Å²) in [5.41, 5.74) is 8.00. The minimum absolute atomic E-state index is 0.433.